The summed E-state index contributed by atoms with van der Waals surface area (Å²) >= 11 is 3.38. The molecule has 21 heavy (non-hydrogen) atoms. The molecule has 0 radical (unpaired) electrons. The van der Waals surface area contributed by atoms with Crippen LogP contribution in [-0.4, -0.2) is 17.6 Å². The molecule has 1 N–H and O–H groups in total. The van der Waals surface area contributed by atoms with Crippen LogP contribution in [0.25, 0.3) is 0 Å². The van der Waals surface area contributed by atoms with Crippen molar-refractivity contribution in [2.24, 2.45) is 0 Å². The molecule has 5 heteroatoms. The minimum atomic E-state index is -0.495. The molecule has 1 heterocycles. The third-order valence-electron chi connectivity index (χ3n) is 3.25. The zero-order chi connectivity index (χ0) is 15.2. The van der Waals surface area contributed by atoms with Crippen LogP contribution in [-0.2, 0) is 12.8 Å². The molecule has 1 aromatic heterocycles. The van der Waals surface area contributed by atoms with Gasteiger partial charge in [-0.1, -0.05) is 13.0 Å². The molecule has 0 aliphatic heterocycles. The third kappa shape index (κ3) is 4.58. The third-order valence-corrected chi connectivity index (χ3v) is 3.68. The van der Waals surface area contributed by atoms with Crippen molar-refractivity contribution in [3.8, 4) is 0 Å². The highest BCUT2D eigenvalue weighted by Gasteiger charge is 2.16. The lowest BCUT2D eigenvalue weighted by Gasteiger charge is -2.19. The minimum absolute atomic E-state index is 0.0440. The smallest absolute Gasteiger partial charge is 0.129 e. The van der Waals surface area contributed by atoms with E-state index in [4.69, 9.17) is 0 Å². The van der Waals surface area contributed by atoms with E-state index < -0.39 is 11.6 Å². The summed E-state index contributed by atoms with van der Waals surface area (Å²) in [6.07, 6.45) is 4.45. The Hall–Kier alpha value is -1.33. The van der Waals surface area contributed by atoms with E-state index in [-0.39, 0.29) is 11.6 Å². The summed E-state index contributed by atoms with van der Waals surface area (Å²) in [5.41, 5.74) is 1.15. The Bertz CT molecular complexity index is 584. The molecule has 1 atom stereocenters. The predicted octanol–water partition coefficient (Wildman–Crippen LogP) is 3.89. The molecule has 2 rings (SSSR count). The minimum Gasteiger partial charge on any atom is -0.314 e. The molecule has 0 spiro atoms. The lowest BCUT2D eigenvalue weighted by atomic mass is 9.99. The number of hydrogen-bond donors (Lipinski definition) is 1. The quantitative estimate of drug-likeness (QED) is 0.851. The van der Waals surface area contributed by atoms with Gasteiger partial charge >= 0.3 is 0 Å². The maximum absolute atomic E-state index is 13.8. The number of benzene rings is 1. The first-order valence-corrected chi connectivity index (χ1v) is 7.65. The highest BCUT2D eigenvalue weighted by atomic mass is 79.9. The fraction of sp³-hybridized carbons (Fsp3) is 0.312. The molecule has 112 valence electrons. The van der Waals surface area contributed by atoms with Gasteiger partial charge in [0.1, 0.15) is 11.6 Å². The maximum Gasteiger partial charge on any atom is 0.129 e. The van der Waals surface area contributed by atoms with Crippen LogP contribution in [0.3, 0.4) is 0 Å². The topological polar surface area (TPSA) is 24.9 Å². The van der Waals surface area contributed by atoms with Crippen LogP contribution in [0.4, 0.5) is 8.78 Å². The fourth-order valence-corrected chi connectivity index (χ4v) is 2.74. The van der Waals surface area contributed by atoms with Gasteiger partial charge in [0.25, 0.3) is 0 Å². The number of nitrogens with one attached hydrogen (secondary N) is 1. The molecule has 0 saturated carbocycles. The maximum atomic E-state index is 13.8. The first-order valence-electron chi connectivity index (χ1n) is 6.86. The first-order chi connectivity index (χ1) is 10.1. The summed E-state index contributed by atoms with van der Waals surface area (Å²) < 4.78 is 28.4. The van der Waals surface area contributed by atoms with Crippen LogP contribution in [0.5, 0.6) is 0 Å². The van der Waals surface area contributed by atoms with Crippen molar-refractivity contribution >= 4 is 15.9 Å². The monoisotopic (exact) mass is 354 g/mol. The van der Waals surface area contributed by atoms with Gasteiger partial charge < -0.3 is 5.32 Å². The second kappa shape index (κ2) is 7.61. The van der Waals surface area contributed by atoms with E-state index in [1.54, 1.807) is 12.4 Å². The summed E-state index contributed by atoms with van der Waals surface area (Å²) in [6.45, 7) is 2.71. The second-order valence-corrected chi connectivity index (χ2v) is 5.79. The molecular formula is C16H17BrF2N2. The largest absolute Gasteiger partial charge is 0.314 e. The SMILES string of the molecule is CCNC(Cc1cncc(Br)c1)Cc1c(F)cccc1F. The molecule has 0 aliphatic rings. The summed E-state index contributed by atoms with van der Waals surface area (Å²) in [7, 11) is 0. The lowest BCUT2D eigenvalue weighted by molar-refractivity contribution is 0.484. The van der Waals surface area contributed by atoms with Crippen molar-refractivity contribution in [3.05, 3.63) is 63.9 Å². The Morgan fingerprint density at radius 1 is 1.19 bits per heavy atom. The number of likely N-dealkylation sites (N-methyl/N-ethyl adjacent to an activating group) is 1. The second-order valence-electron chi connectivity index (χ2n) is 4.87. The van der Waals surface area contributed by atoms with Gasteiger partial charge in [-0.05, 0) is 59.1 Å². The van der Waals surface area contributed by atoms with Crippen LogP contribution in [0.1, 0.15) is 18.1 Å². The highest BCUT2D eigenvalue weighted by Crippen LogP contribution is 2.17. The number of hydrogen-bond acceptors (Lipinski definition) is 2. The number of halogens is 3. The summed E-state index contributed by atoms with van der Waals surface area (Å²) in [4.78, 5) is 4.12. The lowest BCUT2D eigenvalue weighted by Crippen LogP contribution is -2.33. The van der Waals surface area contributed by atoms with E-state index in [9.17, 15) is 8.78 Å². The van der Waals surface area contributed by atoms with E-state index >= 15 is 0 Å². The molecule has 1 unspecified atom stereocenters. The van der Waals surface area contributed by atoms with Crippen molar-refractivity contribution in [1.29, 1.82) is 0 Å². The van der Waals surface area contributed by atoms with Crippen molar-refractivity contribution < 1.29 is 8.78 Å². The van der Waals surface area contributed by atoms with Crippen molar-refractivity contribution in [2.45, 2.75) is 25.8 Å². The average molecular weight is 355 g/mol. The summed E-state index contributed by atoms with van der Waals surface area (Å²) in [5.74, 6) is -0.990. The van der Waals surface area contributed by atoms with Gasteiger partial charge in [0.05, 0.1) is 0 Å². The van der Waals surface area contributed by atoms with Gasteiger partial charge in [0, 0.05) is 28.5 Å². The molecule has 0 fully saturated rings. The molecule has 0 amide bonds. The van der Waals surface area contributed by atoms with Crippen LogP contribution in [0.15, 0.2) is 41.1 Å². The van der Waals surface area contributed by atoms with Gasteiger partial charge in [-0.2, -0.15) is 0 Å². The first kappa shape index (κ1) is 16.0. The highest BCUT2D eigenvalue weighted by molar-refractivity contribution is 9.10. The van der Waals surface area contributed by atoms with Crippen molar-refractivity contribution in [2.75, 3.05) is 6.54 Å². The number of pyridine rings is 1. The normalized spacial score (nSPS) is 12.4. The van der Waals surface area contributed by atoms with Crippen LogP contribution >= 0.6 is 15.9 Å². The standard InChI is InChI=1S/C16H17BrF2N2/c1-2-21-13(7-11-6-12(17)10-20-9-11)8-14-15(18)4-3-5-16(14)19/h3-6,9-10,13,21H,2,7-8H2,1H3. The van der Waals surface area contributed by atoms with E-state index in [0.717, 1.165) is 16.6 Å². The number of nitrogens with zero attached hydrogens (tertiary/aromatic N) is 1. The van der Waals surface area contributed by atoms with E-state index in [0.29, 0.717) is 12.8 Å². The van der Waals surface area contributed by atoms with Crippen molar-refractivity contribution in [3.63, 3.8) is 0 Å². The molecule has 1 aromatic carbocycles. The van der Waals surface area contributed by atoms with Gasteiger partial charge in [-0.15, -0.1) is 0 Å². The fourth-order valence-electron chi connectivity index (χ4n) is 2.33. The average Bonchev–Trinajstić information content (AvgIpc) is 2.43. The Labute approximate surface area is 131 Å². The van der Waals surface area contributed by atoms with Crippen LogP contribution in [0, 0.1) is 11.6 Å². The Morgan fingerprint density at radius 3 is 2.52 bits per heavy atom. The summed E-state index contributed by atoms with van der Waals surface area (Å²) in [6, 6.07) is 5.89. The molecule has 2 aromatic rings. The van der Waals surface area contributed by atoms with Crippen molar-refractivity contribution in [1.82, 2.24) is 10.3 Å². The zero-order valence-corrected chi connectivity index (χ0v) is 13.3. The Kier molecular flexibility index (Phi) is 5.82. The van der Waals surface area contributed by atoms with Crippen LogP contribution in [0.2, 0.25) is 0 Å². The molecule has 0 aliphatic carbocycles. The molecule has 0 saturated heterocycles. The molecule has 2 nitrogen and oxygen atoms in total. The van der Waals surface area contributed by atoms with E-state index in [1.165, 1.54) is 18.2 Å². The number of rotatable bonds is 6. The zero-order valence-electron chi connectivity index (χ0n) is 11.7. The molecular weight excluding hydrogens is 338 g/mol. The van der Waals surface area contributed by atoms with Gasteiger partial charge in [-0.25, -0.2) is 8.78 Å². The van der Waals surface area contributed by atoms with E-state index in [1.807, 2.05) is 13.0 Å². The van der Waals surface area contributed by atoms with Gasteiger partial charge in [-0.3, -0.25) is 4.98 Å². The molecule has 0 bridgehead atoms. The number of aromatic nitrogens is 1. The Balaban J connectivity index is 2.16. The van der Waals surface area contributed by atoms with Gasteiger partial charge in [0.2, 0.25) is 0 Å². The Morgan fingerprint density at radius 2 is 1.90 bits per heavy atom. The van der Waals surface area contributed by atoms with Gasteiger partial charge in [0.15, 0.2) is 0 Å². The van der Waals surface area contributed by atoms with Crippen LogP contribution < -0.4 is 5.32 Å². The summed E-state index contributed by atoms with van der Waals surface area (Å²) in [5, 5.41) is 3.28. The van der Waals surface area contributed by atoms with E-state index in [2.05, 4.69) is 26.2 Å². The predicted molar refractivity (Wildman–Crippen MR) is 83.2 cm³/mol.